The summed E-state index contributed by atoms with van der Waals surface area (Å²) in [6.45, 7) is 0.883. The van der Waals surface area contributed by atoms with Crippen molar-refractivity contribution < 1.29 is 38.0 Å². The number of nitrogens with one attached hydrogen (secondary N) is 2. The van der Waals surface area contributed by atoms with Crippen molar-refractivity contribution in [1.82, 2.24) is 15.0 Å². The fraction of sp³-hybridized carbons (Fsp3) is 0.522. The molecule has 2 aromatic heterocycles. The van der Waals surface area contributed by atoms with Crippen LogP contribution in [0, 0.1) is 24.7 Å². The minimum absolute atomic E-state index is 0.00273. The number of methoxy groups -OCH3 is 1. The van der Waals surface area contributed by atoms with Gasteiger partial charge in [-0.05, 0) is 19.4 Å². The molecule has 2 aliphatic rings. The van der Waals surface area contributed by atoms with Gasteiger partial charge in [0.15, 0.2) is 11.8 Å². The highest BCUT2D eigenvalue weighted by atomic mass is 35.5. The van der Waals surface area contributed by atoms with Gasteiger partial charge in [-0.2, -0.15) is 23.1 Å². The summed E-state index contributed by atoms with van der Waals surface area (Å²) in [5.41, 5.74) is -0.642. The molecule has 0 saturated heterocycles. The summed E-state index contributed by atoms with van der Waals surface area (Å²) in [4.78, 5) is 12.6. The number of aliphatic hydroxyl groups excluding tert-OH is 2. The highest BCUT2D eigenvalue weighted by Gasteiger charge is 2.74. The van der Waals surface area contributed by atoms with Gasteiger partial charge < -0.3 is 35.4 Å². The van der Waals surface area contributed by atoms with Crippen molar-refractivity contribution in [3.63, 3.8) is 0 Å². The standard InChI is InChI=1S/C23H25ClF3N5O5/c1-11-12(4-6-16(29-11)37-10-22(25,26)27)3-5-13-19(24)31-21(28-7-8-36-2)32-20(13)30-15-9-14-17(33)23(14,35)18(15)34/h4,6,14-15,17-18,33-35H,7-10H2,1-2H3,(H2,28,30,31,32)/t14-,15-,17?,18+,23+/m1/s1. The molecule has 2 saturated carbocycles. The van der Waals surface area contributed by atoms with Crippen molar-refractivity contribution >= 4 is 23.4 Å². The fourth-order valence-electron chi connectivity index (χ4n) is 4.23. The van der Waals surface area contributed by atoms with E-state index in [1.807, 2.05) is 0 Å². The average Bonchev–Trinajstić information content (AvgIpc) is 3.24. The minimum Gasteiger partial charge on any atom is -0.468 e. The van der Waals surface area contributed by atoms with Gasteiger partial charge >= 0.3 is 6.18 Å². The third-order valence-electron chi connectivity index (χ3n) is 6.24. The summed E-state index contributed by atoms with van der Waals surface area (Å²) in [6, 6.07) is 2.11. The highest BCUT2D eigenvalue weighted by Crippen LogP contribution is 2.56. The summed E-state index contributed by atoms with van der Waals surface area (Å²) in [7, 11) is 1.54. The predicted octanol–water partition coefficient (Wildman–Crippen LogP) is 1.50. The largest absolute Gasteiger partial charge is 0.468 e. The number of pyridine rings is 1. The Morgan fingerprint density at radius 3 is 2.57 bits per heavy atom. The van der Waals surface area contributed by atoms with Gasteiger partial charge in [0.1, 0.15) is 23.1 Å². The topological polar surface area (TPSA) is 142 Å². The lowest BCUT2D eigenvalue weighted by molar-refractivity contribution is -0.154. The van der Waals surface area contributed by atoms with Crippen LogP contribution in [0.1, 0.15) is 23.2 Å². The Hall–Kier alpha value is -2.89. The van der Waals surface area contributed by atoms with Crippen molar-refractivity contribution in [3.8, 4) is 17.7 Å². The van der Waals surface area contributed by atoms with Gasteiger partial charge in [-0.25, -0.2) is 4.98 Å². The van der Waals surface area contributed by atoms with E-state index in [9.17, 15) is 28.5 Å². The number of rotatable bonds is 8. The number of ether oxygens (including phenoxy) is 2. The van der Waals surface area contributed by atoms with Crippen molar-refractivity contribution in [1.29, 1.82) is 0 Å². The summed E-state index contributed by atoms with van der Waals surface area (Å²) in [6.07, 6.45) is -6.43. The van der Waals surface area contributed by atoms with Crippen LogP contribution in [0.2, 0.25) is 5.15 Å². The Morgan fingerprint density at radius 1 is 1.19 bits per heavy atom. The molecule has 0 aromatic carbocycles. The zero-order valence-electron chi connectivity index (χ0n) is 19.8. The van der Waals surface area contributed by atoms with Crippen molar-refractivity contribution in [3.05, 3.63) is 34.1 Å². The molecule has 0 amide bonds. The summed E-state index contributed by atoms with van der Waals surface area (Å²) < 4.78 is 46.9. The Labute approximate surface area is 215 Å². The van der Waals surface area contributed by atoms with E-state index in [4.69, 9.17) is 16.3 Å². The molecule has 2 fully saturated rings. The normalized spacial score (nSPS) is 26.2. The molecule has 37 heavy (non-hydrogen) atoms. The van der Waals surface area contributed by atoms with E-state index in [0.29, 0.717) is 30.8 Å². The van der Waals surface area contributed by atoms with Crippen LogP contribution in [0.4, 0.5) is 24.9 Å². The van der Waals surface area contributed by atoms with E-state index in [1.165, 1.54) is 12.1 Å². The van der Waals surface area contributed by atoms with Crippen LogP contribution in [-0.2, 0) is 4.74 Å². The van der Waals surface area contributed by atoms with Gasteiger partial charge in [0.25, 0.3) is 0 Å². The molecule has 10 nitrogen and oxygen atoms in total. The molecule has 200 valence electrons. The van der Waals surface area contributed by atoms with Gasteiger partial charge in [0.2, 0.25) is 11.8 Å². The molecule has 2 aliphatic carbocycles. The maximum atomic E-state index is 12.4. The van der Waals surface area contributed by atoms with Crippen molar-refractivity contribution in [2.75, 3.05) is 37.5 Å². The summed E-state index contributed by atoms with van der Waals surface area (Å²) in [5.74, 6) is 5.44. The Kier molecular flexibility index (Phi) is 7.68. The van der Waals surface area contributed by atoms with E-state index < -0.39 is 42.6 Å². The van der Waals surface area contributed by atoms with Crippen LogP contribution in [0.3, 0.4) is 0 Å². The molecule has 5 N–H and O–H groups in total. The predicted molar refractivity (Wildman–Crippen MR) is 126 cm³/mol. The number of fused-ring (bicyclic) bond motifs is 1. The van der Waals surface area contributed by atoms with E-state index >= 15 is 0 Å². The first-order valence-electron chi connectivity index (χ1n) is 11.3. The van der Waals surface area contributed by atoms with E-state index in [0.717, 1.165) is 0 Å². The van der Waals surface area contributed by atoms with E-state index in [-0.39, 0.29) is 28.4 Å². The van der Waals surface area contributed by atoms with Gasteiger partial charge in [-0.15, -0.1) is 0 Å². The third kappa shape index (κ3) is 5.83. The van der Waals surface area contributed by atoms with Gasteiger partial charge in [-0.1, -0.05) is 23.4 Å². The Bertz CT molecular complexity index is 1220. The summed E-state index contributed by atoms with van der Waals surface area (Å²) in [5, 5.41) is 36.8. The van der Waals surface area contributed by atoms with Gasteiger partial charge in [0.05, 0.1) is 24.4 Å². The Morgan fingerprint density at radius 2 is 1.95 bits per heavy atom. The van der Waals surface area contributed by atoms with Crippen molar-refractivity contribution in [2.24, 2.45) is 5.92 Å². The lowest BCUT2D eigenvalue weighted by Crippen LogP contribution is -2.42. The minimum atomic E-state index is -4.49. The number of nitrogens with zero attached hydrogens (tertiary/aromatic N) is 3. The number of alkyl halides is 3. The Balaban J connectivity index is 1.59. The number of halogens is 4. The molecular weight excluding hydrogens is 519 g/mol. The zero-order chi connectivity index (χ0) is 27.0. The molecule has 0 bridgehead atoms. The molecule has 0 spiro atoms. The molecule has 1 unspecified atom stereocenters. The molecule has 0 radical (unpaired) electrons. The van der Waals surface area contributed by atoms with Gasteiger partial charge in [0, 0.05) is 31.2 Å². The number of aromatic nitrogens is 3. The maximum absolute atomic E-state index is 12.4. The molecule has 2 heterocycles. The van der Waals surface area contributed by atoms with Crippen LogP contribution in [0.5, 0.6) is 5.88 Å². The monoisotopic (exact) mass is 543 g/mol. The van der Waals surface area contributed by atoms with Crippen LogP contribution in [-0.4, -0.2) is 87.2 Å². The first kappa shape index (κ1) is 27.2. The number of aryl methyl sites for hydroxylation is 1. The number of aliphatic hydroxyl groups is 3. The van der Waals surface area contributed by atoms with E-state index in [2.05, 4.69) is 42.2 Å². The lowest BCUT2D eigenvalue weighted by atomic mass is 10.1. The molecule has 5 atom stereocenters. The second kappa shape index (κ2) is 10.5. The number of hydrogen-bond acceptors (Lipinski definition) is 10. The lowest BCUT2D eigenvalue weighted by Gasteiger charge is -2.24. The molecular formula is C23H25ClF3N5O5. The highest BCUT2D eigenvalue weighted by molar-refractivity contribution is 6.31. The van der Waals surface area contributed by atoms with Crippen molar-refractivity contribution in [2.45, 2.75) is 43.4 Å². The molecule has 4 rings (SSSR count). The van der Waals surface area contributed by atoms with Crippen LogP contribution >= 0.6 is 11.6 Å². The second-order valence-corrected chi connectivity index (χ2v) is 9.15. The zero-order valence-corrected chi connectivity index (χ0v) is 20.6. The first-order valence-corrected chi connectivity index (χ1v) is 11.7. The van der Waals surface area contributed by atoms with E-state index in [1.54, 1.807) is 14.0 Å². The maximum Gasteiger partial charge on any atom is 0.422 e. The number of hydrogen-bond donors (Lipinski definition) is 5. The van der Waals surface area contributed by atoms with Crippen LogP contribution in [0.25, 0.3) is 0 Å². The second-order valence-electron chi connectivity index (χ2n) is 8.79. The third-order valence-corrected chi connectivity index (χ3v) is 6.52. The average molecular weight is 544 g/mol. The molecule has 2 aromatic rings. The molecule has 0 aliphatic heterocycles. The number of anilines is 2. The first-order chi connectivity index (χ1) is 17.4. The quantitative estimate of drug-likeness (QED) is 0.189. The van der Waals surface area contributed by atoms with Crippen LogP contribution < -0.4 is 15.4 Å². The SMILES string of the molecule is COCCNc1nc(Cl)c(C#Cc2ccc(OCC(F)(F)F)nc2C)c(N[C@@H]2C[C@@H]3C(O)[C@]3(O)[C@H]2O)n1. The summed E-state index contributed by atoms with van der Waals surface area (Å²) >= 11 is 6.41. The fourth-order valence-corrected chi connectivity index (χ4v) is 4.44. The molecule has 14 heteroatoms. The van der Waals surface area contributed by atoms with Crippen LogP contribution in [0.15, 0.2) is 12.1 Å². The van der Waals surface area contributed by atoms with Gasteiger partial charge in [-0.3, -0.25) is 0 Å². The smallest absolute Gasteiger partial charge is 0.422 e.